The van der Waals surface area contributed by atoms with E-state index in [4.69, 9.17) is 4.74 Å². The molecule has 0 bridgehead atoms. The number of morpholine rings is 1. The third-order valence-corrected chi connectivity index (χ3v) is 5.50. The van der Waals surface area contributed by atoms with Crippen molar-refractivity contribution in [2.45, 2.75) is 6.92 Å². The smallest absolute Gasteiger partial charge is 0.257 e. The summed E-state index contributed by atoms with van der Waals surface area (Å²) in [6, 6.07) is 17.3. The minimum Gasteiger partial charge on any atom is -0.378 e. The van der Waals surface area contributed by atoms with Crippen LogP contribution in [0.3, 0.4) is 0 Å². The first kappa shape index (κ1) is 21.6. The van der Waals surface area contributed by atoms with Crippen molar-refractivity contribution in [3.63, 3.8) is 0 Å². The molecule has 1 aliphatic rings. The maximum Gasteiger partial charge on any atom is 0.257 e. The van der Waals surface area contributed by atoms with Gasteiger partial charge in [-0.1, -0.05) is 18.2 Å². The van der Waals surface area contributed by atoms with Crippen LogP contribution in [0.2, 0.25) is 0 Å². The zero-order chi connectivity index (χ0) is 22.5. The lowest BCUT2D eigenvalue weighted by Gasteiger charge is -2.28. The summed E-state index contributed by atoms with van der Waals surface area (Å²) >= 11 is 0. The third kappa shape index (κ3) is 4.81. The van der Waals surface area contributed by atoms with Crippen LogP contribution in [0, 0.1) is 6.92 Å². The van der Waals surface area contributed by atoms with Gasteiger partial charge in [0.25, 0.3) is 5.91 Å². The number of nitrogens with zero attached hydrogens (tertiary/aromatic N) is 4. The van der Waals surface area contributed by atoms with Crippen LogP contribution in [0.4, 0.5) is 11.4 Å². The van der Waals surface area contributed by atoms with E-state index in [9.17, 15) is 9.59 Å². The number of ether oxygens (including phenoxy) is 1. The van der Waals surface area contributed by atoms with Crippen LogP contribution in [0.25, 0.3) is 5.69 Å². The largest absolute Gasteiger partial charge is 0.378 e. The number of amides is 2. The van der Waals surface area contributed by atoms with Crippen molar-refractivity contribution in [1.29, 1.82) is 0 Å². The highest BCUT2D eigenvalue weighted by Gasteiger charge is 2.20. The fourth-order valence-corrected chi connectivity index (χ4v) is 3.72. The molecule has 2 amide bonds. The van der Waals surface area contributed by atoms with Gasteiger partial charge in [0.05, 0.1) is 42.9 Å². The molecular formula is C24H27N5O3. The van der Waals surface area contributed by atoms with Gasteiger partial charge in [-0.25, -0.2) is 4.68 Å². The fourth-order valence-electron chi connectivity index (χ4n) is 3.72. The maximum atomic E-state index is 12.9. The lowest BCUT2D eigenvalue weighted by molar-refractivity contribution is -0.116. The molecule has 0 aliphatic carbocycles. The lowest BCUT2D eigenvalue weighted by Crippen LogP contribution is -2.36. The summed E-state index contributed by atoms with van der Waals surface area (Å²) in [5.74, 6) is -0.504. The molecule has 1 N–H and O–H groups in total. The Hall–Kier alpha value is -3.65. The van der Waals surface area contributed by atoms with Crippen molar-refractivity contribution in [2.75, 3.05) is 50.1 Å². The number of nitrogens with one attached hydrogen (secondary N) is 1. The monoisotopic (exact) mass is 433 g/mol. The Labute approximate surface area is 187 Å². The number of likely N-dealkylation sites (N-methyl/N-ethyl adjacent to an activating group) is 1. The quantitative estimate of drug-likeness (QED) is 0.647. The maximum absolute atomic E-state index is 12.9. The summed E-state index contributed by atoms with van der Waals surface area (Å²) in [6.07, 6.45) is 1.55. The molecule has 1 saturated heterocycles. The average Bonchev–Trinajstić information content (AvgIpc) is 3.21. The topological polar surface area (TPSA) is 79.7 Å². The van der Waals surface area contributed by atoms with Crippen LogP contribution >= 0.6 is 0 Å². The van der Waals surface area contributed by atoms with Crippen molar-refractivity contribution in [3.8, 4) is 5.69 Å². The molecule has 0 atom stereocenters. The number of carbonyl (C=O) groups is 2. The van der Waals surface area contributed by atoms with Crippen molar-refractivity contribution in [3.05, 3.63) is 72.1 Å². The van der Waals surface area contributed by atoms with Gasteiger partial charge in [-0.2, -0.15) is 5.10 Å². The van der Waals surface area contributed by atoms with Crippen LogP contribution in [-0.4, -0.2) is 66.4 Å². The number of para-hydroxylation sites is 1. The van der Waals surface area contributed by atoms with E-state index in [-0.39, 0.29) is 18.4 Å². The highest BCUT2D eigenvalue weighted by atomic mass is 16.5. The van der Waals surface area contributed by atoms with E-state index in [1.165, 1.54) is 4.90 Å². The molecule has 4 rings (SSSR count). The predicted molar refractivity (Wildman–Crippen MR) is 123 cm³/mol. The molecule has 0 spiro atoms. The van der Waals surface area contributed by atoms with Gasteiger partial charge in [-0.05, 0) is 43.3 Å². The van der Waals surface area contributed by atoms with Gasteiger partial charge in [0.2, 0.25) is 5.91 Å². The minimum absolute atomic E-state index is 0.0556. The summed E-state index contributed by atoms with van der Waals surface area (Å²) in [5.41, 5.74) is 3.88. The van der Waals surface area contributed by atoms with Gasteiger partial charge in [-0.3, -0.25) is 9.59 Å². The second-order valence-electron chi connectivity index (χ2n) is 7.75. The van der Waals surface area contributed by atoms with Gasteiger partial charge in [-0.15, -0.1) is 0 Å². The van der Waals surface area contributed by atoms with Crippen molar-refractivity contribution < 1.29 is 14.3 Å². The van der Waals surface area contributed by atoms with Gasteiger partial charge in [0.15, 0.2) is 0 Å². The molecule has 2 aromatic carbocycles. The van der Waals surface area contributed by atoms with Crippen LogP contribution in [0.15, 0.2) is 60.8 Å². The molecule has 1 aromatic heterocycles. The normalized spacial score (nSPS) is 13.6. The number of rotatable bonds is 6. The fraction of sp³-hybridized carbons (Fsp3) is 0.292. The Morgan fingerprint density at radius 1 is 1.03 bits per heavy atom. The highest BCUT2D eigenvalue weighted by molar-refractivity contribution is 5.99. The van der Waals surface area contributed by atoms with Crippen molar-refractivity contribution in [2.24, 2.45) is 0 Å². The minimum atomic E-state index is -0.256. The Bertz CT molecular complexity index is 1070. The highest BCUT2D eigenvalue weighted by Crippen LogP contribution is 2.19. The Kier molecular flexibility index (Phi) is 6.51. The first-order valence-corrected chi connectivity index (χ1v) is 10.6. The summed E-state index contributed by atoms with van der Waals surface area (Å²) in [6.45, 7) is 4.96. The van der Waals surface area contributed by atoms with Gasteiger partial charge < -0.3 is 19.9 Å². The van der Waals surface area contributed by atoms with Crippen LogP contribution in [0.1, 0.15) is 16.1 Å². The summed E-state index contributed by atoms with van der Waals surface area (Å²) in [5, 5.41) is 7.20. The Morgan fingerprint density at radius 2 is 1.72 bits per heavy atom. The predicted octanol–water partition coefficient (Wildman–Crippen LogP) is 2.73. The molecule has 0 unspecified atom stereocenters. The second-order valence-corrected chi connectivity index (χ2v) is 7.75. The van der Waals surface area contributed by atoms with E-state index < -0.39 is 0 Å². The Morgan fingerprint density at radius 3 is 2.41 bits per heavy atom. The second kappa shape index (κ2) is 9.65. The van der Waals surface area contributed by atoms with E-state index in [0.717, 1.165) is 43.4 Å². The SMILES string of the molecule is Cc1c(C(=O)N(C)CC(=O)Nc2ccc(N3CCOCC3)cc2)cnn1-c1ccccc1. The van der Waals surface area contributed by atoms with E-state index in [2.05, 4.69) is 15.3 Å². The zero-order valence-electron chi connectivity index (χ0n) is 18.3. The number of anilines is 2. The molecule has 2 heterocycles. The number of benzene rings is 2. The molecule has 8 heteroatoms. The molecule has 166 valence electrons. The van der Waals surface area contributed by atoms with Gasteiger partial charge >= 0.3 is 0 Å². The standard InChI is InChI=1S/C24H27N5O3/c1-18-22(16-25-29(18)21-6-4-3-5-7-21)24(31)27(2)17-23(30)26-19-8-10-20(11-9-19)28-12-14-32-15-13-28/h3-11,16H,12-15,17H2,1-2H3,(H,26,30). The Balaban J connectivity index is 1.35. The summed E-state index contributed by atoms with van der Waals surface area (Å²) in [4.78, 5) is 29.0. The lowest BCUT2D eigenvalue weighted by atomic mass is 10.2. The molecule has 0 radical (unpaired) electrons. The third-order valence-electron chi connectivity index (χ3n) is 5.50. The number of aromatic nitrogens is 2. The molecule has 0 saturated carbocycles. The van der Waals surface area contributed by atoms with Crippen molar-refractivity contribution in [1.82, 2.24) is 14.7 Å². The van der Waals surface area contributed by atoms with Gasteiger partial charge in [0.1, 0.15) is 0 Å². The van der Waals surface area contributed by atoms with Crippen LogP contribution < -0.4 is 10.2 Å². The first-order valence-electron chi connectivity index (χ1n) is 10.6. The van der Waals surface area contributed by atoms with Crippen LogP contribution in [0.5, 0.6) is 0 Å². The zero-order valence-corrected chi connectivity index (χ0v) is 18.3. The van der Waals surface area contributed by atoms with E-state index in [1.54, 1.807) is 17.9 Å². The number of hydrogen-bond donors (Lipinski definition) is 1. The molecule has 1 fully saturated rings. The van der Waals surface area contributed by atoms with E-state index in [1.807, 2.05) is 61.5 Å². The number of hydrogen-bond acceptors (Lipinski definition) is 5. The molecular weight excluding hydrogens is 406 g/mol. The average molecular weight is 434 g/mol. The molecule has 8 nitrogen and oxygen atoms in total. The first-order chi connectivity index (χ1) is 15.5. The summed E-state index contributed by atoms with van der Waals surface area (Å²) in [7, 11) is 1.61. The van der Waals surface area contributed by atoms with E-state index in [0.29, 0.717) is 11.3 Å². The van der Waals surface area contributed by atoms with Crippen molar-refractivity contribution >= 4 is 23.2 Å². The van der Waals surface area contributed by atoms with Crippen LogP contribution in [-0.2, 0) is 9.53 Å². The van der Waals surface area contributed by atoms with Gasteiger partial charge in [0, 0.05) is 31.5 Å². The molecule has 32 heavy (non-hydrogen) atoms. The van der Waals surface area contributed by atoms with E-state index >= 15 is 0 Å². The molecule has 3 aromatic rings. The number of carbonyl (C=O) groups excluding carboxylic acids is 2. The summed E-state index contributed by atoms with van der Waals surface area (Å²) < 4.78 is 7.10. The molecule has 1 aliphatic heterocycles.